The molecule has 1 saturated heterocycles. The lowest BCUT2D eigenvalue weighted by atomic mass is 10.1. The topological polar surface area (TPSA) is 49.8 Å². The number of piperidine rings is 1. The first-order valence-corrected chi connectivity index (χ1v) is 5.01. The molecular formula is C10H17NO3. The molecule has 1 aliphatic rings. The maximum absolute atomic E-state index is 11.2. The fourth-order valence-electron chi connectivity index (χ4n) is 1.60. The third-order valence-electron chi connectivity index (χ3n) is 2.29. The standard InChI is InChI=1S/C10H17NO3/c1-2-14-10(13)7-11-6-4-3-5-9(11)8-12/h8,12H,2-7H2,1H3. The van der Waals surface area contributed by atoms with Gasteiger partial charge in [-0.25, -0.2) is 0 Å². The largest absolute Gasteiger partial charge is 0.514 e. The van der Waals surface area contributed by atoms with E-state index in [0.29, 0.717) is 6.61 Å². The van der Waals surface area contributed by atoms with Crippen molar-refractivity contribution in [3.05, 3.63) is 12.0 Å². The van der Waals surface area contributed by atoms with Crippen molar-refractivity contribution in [2.24, 2.45) is 0 Å². The Morgan fingerprint density at radius 2 is 2.43 bits per heavy atom. The summed E-state index contributed by atoms with van der Waals surface area (Å²) in [6.07, 6.45) is 4.08. The van der Waals surface area contributed by atoms with Gasteiger partial charge in [0.25, 0.3) is 0 Å². The van der Waals surface area contributed by atoms with Crippen molar-refractivity contribution in [1.29, 1.82) is 0 Å². The molecule has 1 heterocycles. The highest BCUT2D eigenvalue weighted by Gasteiger charge is 2.18. The Labute approximate surface area is 84.2 Å². The third kappa shape index (κ3) is 2.94. The maximum Gasteiger partial charge on any atom is 0.325 e. The second kappa shape index (κ2) is 5.52. The van der Waals surface area contributed by atoms with Gasteiger partial charge in [0.2, 0.25) is 0 Å². The van der Waals surface area contributed by atoms with Crippen molar-refractivity contribution in [3.8, 4) is 0 Å². The smallest absolute Gasteiger partial charge is 0.325 e. The zero-order chi connectivity index (χ0) is 10.4. The van der Waals surface area contributed by atoms with Crippen LogP contribution in [0.5, 0.6) is 0 Å². The molecule has 4 heteroatoms. The minimum Gasteiger partial charge on any atom is -0.514 e. The number of aliphatic hydroxyl groups is 1. The second-order valence-corrected chi connectivity index (χ2v) is 3.30. The van der Waals surface area contributed by atoms with Crippen molar-refractivity contribution in [2.45, 2.75) is 26.2 Å². The maximum atomic E-state index is 11.2. The van der Waals surface area contributed by atoms with Crippen LogP contribution in [0.3, 0.4) is 0 Å². The molecule has 0 aromatic rings. The molecule has 0 spiro atoms. The van der Waals surface area contributed by atoms with E-state index >= 15 is 0 Å². The monoisotopic (exact) mass is 199 g/mol. The Balaban J connectivity index is 2.44. The van der Waals surface area contributed by atoms with Crippen LogP contribution >= 0.6 is 0 Å². The lowest BCUT2D eigenvalue weighted by Gasteiger charge is -2.29. The number of allylic oxidation sites excluding steroid dienone is 1. The minimum atomic E-state index is -0.228. The number of likely N-dealkylation sites (tertiary alicyclic amines) is 1. The van der Waals surface area contributed by atoms with Gasteiger partial charge in [-0.05, 0) is 26.2 Å². The molecule has 1 N–H and O–H groups in total. The van der Waals surface area contributed by atoms with Crippen molar-refractivity contribution in [3.63, 3.8) is 0 Å². The predicted octanol–water partition coefficient (Wildman–Crippen LogP) is 1.43. The van der Waals surface area contributed by atoms with Crippen LogP contribution in [0.4, 0.5) is 0 Å². The molecule has 1 fully saturated rings. The van der Waals surface area contributed by atoms with Gasteiger partial charge in [0.05, 0.1) is 12.9 Å². The molecule has 0 unspecified atom stereocenters. The molecule has 0 bridgehead atoms. The van der Waals surface area contributed by atoms with Gasteiger partial charge < -0.3 is 14.7 Å². The van der Waals surface area contributed by atoms with E-state index in [-0.39, 0.29) is 12.5 Å². The van der Waals surface area contributed by atoms with E-state index in [2.05, 4.69) is 0 Å². The first kappa shape index (κ1) is 10.9. The lowest BCUT2D eigenvalue weighted by molar-refractivity contribution is -0.144. The van der Waals surface area contributed by atoms with Crippen LogP contribution in [0, 0.1) is 0 Å². The van der Waals surface area contributed by atoms with E-state index in [9.17, 15) is 4.79 Å². The number of carbonyl (C=O) groups is 1. The van der Waals surface area contributed by atoms with E-state index in [4.69, 9.17) is 9.84 Å². The summed E-state index contributed by atoms with van der Waals surface area (Å²) in [5.41, 5.74) is 0.837. The summed E-state index contributed by atoms with van der Waals surface area (Å²) in [5, 5.41) is 8.95. The second-order valence-electron chi connectivity index (χ2n) is 3.30. The van der Waals surface area contributed by atoms with E-state index in [1.165, 1.54) is 0 Å². The fraction of sp³-hybridized carbons (Fsp3) is 0.700. The summed E-state index contributed by atoms with van der Waals surface area (Å²) in [7, 11) is 0. The van der Waals surface area contributed by atoms with Crippen LogP contribution in [0.25, 0.3) is 0 Å². The highest BCUT2D eigenvalue weighted by Crippen LogP contribution is 2.19. The number of aliphatic hydroxyl groups excluding tert-OH is 1. The number of rotatable bonds is 3. The van der Waals surface area contributed by atoms with Gasteiger partial charge in [0, 0.05) is 12.2 Å². The molecule has 1 rings (SSSR count). The molecule has 0 amide bonds. The molecular weight excluding hydrogens is 182 g/mol. The molecule has 0 aromatic heterocycles. The molecule has 0 aliphatic carbocycles. The van der Waals surface area contributed by atoms with Crippen molar-refractivity contribution in [1.82, 2.24) is 4.90 Å². The van der Waals surface area contributed by atoms with E-state index in [1.54, 1.807) is 6.92 Å². The summed E-state index contributed by atoms with van der Waals surface area (Å²) < 4.78 is 4.85. The van der Waals surface area contributed by atoms with Crippen LogP contribution in [0.15, 0.2) is 12.0 Å². The molecule has 0 radical (unpaired) electrons. The Bertz CT molecular complexity index is 225. The van der Waals surface area contributed by atoms with Gasteiger partial charge in [0.15, 0.2) is 0 Å². The minimum absolute atomic E-state index is 0.228. The number of ether oxygens (including phenoxy) is 1. The van der Waals surface area contributed by atoms with E-state index < -0.39 is 0 Å². The average molecular weight is 199 g/mol. The van der Waals surface area contributed by atoms with Crippen LogP contribution in [-0.4, -0.2) is 35.7 Å². The number of esters is 1. The van der Waals surface area contributed by atoms with Gasteiger partial charge >= 0.3 is 5.97 Å². The number of nitrogens with zero attached hydrogens (tertiary/aromatic N) is 1. The number of carbonyl (C=O) groups excluding carboxylic acids is 1. The molecule has 14 heavy (non-hydrogen) atoms. The summed E-state index contributed by atoms with van der Waals surface area (Å²) >= 11 is 0. The summed E-state index contributed by atoms with van der Waals surface area (Å²) in [5.74, 6) is -0.228. The molecule has 1 aliphatic heterocycles. The van der Waals surface area contributed by atoms with E-state index in [0.717, 1.165) is 37.8 Å². The van der Waals surface area contributed by atoms with Crippen LogP contribution < -0.4 is 0 Å². The first-order valence-electron chi connectivity index (χ1n) is 5.01. The van der Waals surface area contributed by atoms with Gasteiger partial charge in [-0.15, -0.1) is 0 Å². The Kier molecular flexibility index (Phi) is 4.29. The van der Waals surface area contributed by atoms with Gasteiger partial charge in [-0.3, -0.25) is 4.79 Å². The summed E-state index contributed by atoms with van der Waals surface area (Å²) in [6.45, 7) is 3.27. The summed E-state index contributed by atoms with van der Waals surface area (Å²) in [4.78, 5) is 13.1. The fourth-order valence-corrected chi connectivity index (χ4v) is 1.60. The SMILES string of the molecule is CCOC(=O)CN1CCCCC1=CO. The zero-order valence-electron chi connectivity index (χ0n) is 8.53. The van der Waals surface area contributed by atoms with E-state index in [1.807, 2.05) is 4.90 Å². The lowest BCUT2D eigenvalue weighted by Crippen LogP contribution is -2.33. The van der Waals surface area contributed by atoms with Crippen LogP contribution in [0.2, 0.25) is 0 Å². The third-order valence-corrected chi connectivity index (χ3v) is 2.29. The number of hydrogen-bond donors (Lipinski definition) is 1. The van der Waals surface area contributed by atoms with Crippen molar-refractivity contribution >= 4 is 5.97 Å². The Morgan fingerprint density at radius 1 is 1.64 bits per heavy atom. The zero-order valence-corrected chi connectivity index (χ0v) is 8.53. The predicted molar refractivity (Wildman–Crippen MR) is 52.8 cm³/mol. The molecule has 0 saturated carbocycles. The molecule has 80 valence electrons. The molecule has 0 atom stereocenters. The van der Waals surface area contributed by atoms with Crippen molar-refractivity contribution in [2.75, 3.05) is 19.7 Å². The van der Waals surface area contributed by atoms with Gasteiger partial charge in [-0.2, -0.15) is 0 Å². The Morgan fingerprint density at radius 3 is 3.07 bits per heavy atom. The highest BCUT2D eigenvalue weighted by atomic mass is 16.5. The van der Waals surface area contributed by atoms with Crippen molar-refractivity contribution < 1.29 is 14.6 Å². The molecule has 4 nitrogen and oxygen atoms in total. The van der Waals surface area contributed by atoms with Crippen LogP contribution in [0.1, 0.15) is 26.2 Å². The number of hydrogen-bond acceptors (Lipinski definition) is 4. The first-order chi connectivity index (χ1) is 6.77. The van der Waals surface area contributed by atoms with Crippen LogP contribution in [-0.2, 0) is 9.53 Å². The quantitative estimate of drug-likeness (QED) is 0.552. The summed E-state index contributed by atoms with van der Waals surface area (Å²) in [6, 6.07) is 0. The Hall–Kier alpha value is -1.19. The van der Waals surface area contributed by atoms with Gasteiger partial charge in [0.1, 0.15) is 6.54 Å². The normalized spacial score (nSPS) is 19.8. The average Bonchev–Trinajstić information content (AvgIpc) is 2.19. The molecule has 0 aromatic carbocycles. The van der Waals surface area contributed by atoms with Gasteiger partial charge in [-0.1, -0.05) is 0 Å². The highest BCUT2D eigenvalue weighted by molar-refractivity contribution is 5.71.